The minimum absolute atomic E-state index is 0.0293. The number of nitrogens with one attached hydrogen (secondary N) is 2. The van der Waals surface area contributed by atoms with Gasteiger partial charge in [-0.3, -0.25) is 4.79 Å². The van der Waals surface area contributed by atoms with Gasteiger partial charge in [0.15, 0.2) is 0 Å². The number of sulfonamides is 1. The van der Waals surface area contributed by atoms with Crippen LogP contribution in [-0.4, -0.2) is 27.1 Å². The van der Waals surface area contributed by atoms with Gasteiger partial charge in [-0.25, -0.2) is 13.1 Å². The highest BCUT2D eigenvalue weighted by Crippen LogP contribution is 2.25. The number of hydrogen-bond donors (Lipinski definition) is 2. The van der Waals surface area contributed by atoms with Gasteiger partial charge in [-0.1, -0.05) is 29.8 Å². The first-order valence-electron chi connectivity index (χ1n) is 6.63. The van der Waals surface area contributed by atoms with Crippen molar-refractivity contribution in [2.45, 2.75) is 9.79 Å². The molecule has 0 heterocycles. The van der Waals surface area contributed by atoms with Crippen molar-refractivity contribution in [1.82, 2.24) is 4.72 Å². The summed E-state index contributed by atoms with van der Waals surface area (Å²) in [5, 5.41) is 2.74. The summed E-state index contributed by atoms with van der Waals surface area (Å²) in [5.74, 6) is 0.0530. The average molecular weight is 371 g/mol. The van der Waals surface area contributed by atoms with Crippen LogP contribution in [-0.2, 0) is 14.8 Å². The van der Waals surface area contributed by atoms with E-state index < -0.39 is 10.0 Å². The fraction of sp³-hybridized carbons (Fsp3) is 0.133. The van der Waals surface area contributed by atoms with Gasteiger partial charge in [0.05, 0.1) is 10.8 Å². The average Bonchev–Trinajstić information content (AvgIpc) is 2.54. The highest BCUT2D eigenvalue weighted by atomic mass is 35.5. The Balaban J connectivity index is 2.00. The van der Waals surface area contributed by atoms with Gasteiger partial charge in [0, 0.05) is 10.6 Å². The Kier molecular flexibility index (Phi) is 6.06. The molecule has 0 fully saturated rings. The van der Waals surface area contributed by atoms with Gasteiger partial charge in [0.1, 0.15) is 4.90 Å². The number of amides is 1. The molecule has 0 radical (unpaired) electrons. The normalized spacial score (nSPS) is 11.2. The molecule has 2 aromatic rings. The highest BCUT2D eigenvalue weighted by Gasteiger charge is 2.16. The smallest absolute Gasteiger partial charge is 0.241 e. The van der Waals surface area contributed by atoms with Crippen molar-refractivity contribution in [1.29, 1.82) is 0 Å². The van der Waals surface area contributed by atoms with E-state index in [0.717, 1.165) is 4.90 Å². The summed E-state index contributed by atoms with van der Waals surface area (Å²) in [4.78, 5) is 12.9. The molecule has 0 aromatic heterocycles. The molecular formula is C15H15ClN2O3S2. The Labute approximate surface area is 144 Å². The molecule has 0 spiro atoms. The number of carbonyl (C=O) groups is 1. The Morgan fingerprint density at radius 2 is 1.87 bits per heavy atom. The van der Waals surface area contributed by atoms with Crippen LogP contribution in [0.4, 0.5) is 5.69 Å². The summed E-state index contributed by atoms with van der Waals surface area (Å²) in [6.07, 6.45) is 0. The zero-order valence-electron chi connectivity index (χ0n) is 12.2. The van der Waals surface area contributed by atoms with Crippen LogP contribution in [0.5, 0.6) is 0 Å². The van der Waals surface area contributed by atoms with Crippen molar-refractivity contribution >= 4 is 45.0 Å². The number of halogens is 1. The molecule has 0 atom stereocenters. The highest BCUT2D eigenvalue weighted by molar-refractivity contribution is 8.00. The van der Waals surface area contributed by atoms with E-state index in [1.807, 2.05) is 30.3 Å². The number of thioether (sulfide) groups is 1. The van der Waals surface area contributed by atoms with Crippen molar-refractivity contribution in [3.8, 4) is 0 Å². The lowest BCUT2D eigenvalue weighted by atomic mass is 10.3. The Morgan fingerprint density at radius 1 is 1.17 bits per heavy atom. The van der Waals surface area contributed by atoms with Crippen LogP contribution in [0.1, 0.15) is 0 Å². The third-order valence-electron chi connectivity index (χ3n) is 2.89. The summed E-state index contributed by atoms with van der Waals surface area (Å²) >= 11 is 7.39. The Hall–Kier alpha value is -1.54. The number of anilines is 1. The maximum atomic E-state index is 11.9. The molecule has 2 N–H and O–H groups in total. The predicted molar refractivity (Wildman–Crippen MR) is 93.5 cm³/mol. The first-order chi connectivity index (χ1) is 10.9. The minimum atomic E-state index is -3.62. The molecule has 2 aromatic carbocycles. The fourth-order valence-corrected chi connectivity index (χ4v) is 3.76. The topological polar surface area (TPSA) is 75.3 Å². The van der Waals surface area contributed by atoms with Crippen molar-refractivity contribution in [3.05, 3.63) is 53.6 Å². The second-order valence-electron chi connectivity index (χ2n) is 4.50. The third-order valence-corrected chi connectivity index (χ3v) is 5.80. The van der Waals surface area contributed by atoms with E-state index in [1.54, 1.807) is 0 Å². The molecule has 0 saturated carbocycles. The summed E-state index contributed by atoms with van der Waals surface area (Å²) in [5.41, 5.74) is 0.448. The second-order valence-corrected chi connectivity index (χ2v) is 7.81. The van der Waals surface area contributed by atoms with Crippen LogP contribution in [0.15, 0.2) is 58.3 Å². The SMILES string of the molecule is CNS(=O)(=O)c1ccc(NC(=O)CSc2ccccc2)cc1Cl. The van der Waals surface area contributed by atoms with Gasteiger partial charge < -0.3 is 5.32 Å². The number of carbonyl (C=O) groups excluding carboxylic acids is 1. The van der Waals surface area contributed by atoms with Crippen LogP contribution in [0.25, 0.3) is 0 Å². The summed E-state index contributed by atoms with van der Waals surface area (Å²) in [7, 11) is -2.31. The van der Waals surface area contributed by atoms with Crippen LogP contribution in [0.2, 0.25) is 5.02 Å². The molecule has 122 valence electrons. The van der Waals surface area contributed by atoms with Gasteiger partial charge in [-0.05, 0) is 37.4 Å². The maximum absolute atomic E-state index is 11.9. The van der Waals surface area contributed by atoms with Gasteiger partial charge in [0.25, 0.3) is 0 Å². The van der Waals surface area contributed by atoms with Crippen molar-refractivity contribution in [3.63, 3.8) is 0 Å². The van der Waals surface area contributed by atoms with Crippen molar-refractivity contribution in [2.24, 2.45) is 0 Å². The third kappa shape index (κ3) is 4.97. The predicted octanol–water partition coefficient (Wildman–Crippen LogP) is 2.98. The van der Waals surface area contributed by atoms with Gasteiger partial charge in [-0.15, -0.1) is 11.8 Å². The second kappa shape index (κ2) is 7.83. The Morgan fingerprint density at radius 3 is 2.48 bits per heavy atom. The lowest BCUT2D eigenvalue weighted by Crippen LogP contribution is -2.19. The summed E-state index contributed by atoms with van der Waals surface area (Å²) in [6, 6.07) is 13.8. The van der Waals surface area contributed by atoms with Crippen LogP contribution < -0.4 is 10.0 Å². The van der Waals surface area contributed by atoms with E-state index in [-0.39, 0.29) is 21.6 Å². The Bertz CT molecular complexity index is 796. The van der Waals surface area contributed by atoms with Crippen LogP contribution in [0, 0.1) is 0 Å². The molecule has 23 heavy (non-hydrogen) atoms. The van der Waals surface area contributed by atoms with Crippen LogP contribution in [0.3, 0.4) is 0 Å². The fourth-order valence-electron chi connectivity index (χ4n) is 1.77. The van der Waals surface area contributed by atoms with Crippen LogP contribution >= 0.6 is 23.4 Å². The van der Waals surface area contributed by atoms with Crippen molar-refractivity contribution < 1.29 is 13.2 Å². The first-order valence-corrected chi connectivity index (χ1v) is 9.48. The molecule has 0 unspecified atom stereocenters. The van der Waals surface area contributed by atoms with E-state index in [1.165, 1.54) is 37.0 Å². The summed E-state index contributed by atoms with van der Waals surface area (Å²) < 4.78 is 25.7. The number of benzene rings is 2. The first kappa shape index (κ1) is 17.8. The minimum Gasteiger partial charge on any atom is -0.325 e. The summed E-state index contributed by atoms with van der Waals surface area (Å²) in [6.45, 7) is 0. The largest absolute Gasteiger partial charge is 0.325 e. The van der Waals surface area contributed by atoms with Gasteiger partial charge in [0.2, 0.25) is 15.9 Å². The van der Waals surface area contributed by atoms with E-state index in [4.69, 9.17) is 11.6 Å². The molecule has 0 bridgehead atoms. The number of rotatable bonds is 6. The molecule has 0 aliphatic carbocycles. The molecule has 2 rings (SSSR count). The standard InChI is InChI=1S/C15H15ClN2O3S2/c1-17-23(20,21)14-8-7-11(9-13(14)16)18-15(19)10-22-12-5-3-2-4-6-12/h2-9,17H,10H2,1H3,(H,18,19). The molecular weight excluding hydrogens is 356 g/mol. The molecule has 0 aliphatic heterocycles. The molecule has 1 amide bonds. The molecule has 8 heteroatoms. The number of hydrogen-bond acceptors (Lipinski definition) is 4. The monoisotopic (exact) mass is 370 g/mol. The van der Waals surface area contributed by atoms with Crippen molar-refractivity contribution in [2.75, 3.05) is 18.1 Å². The molecule has 0 aliphatic rings. The lowest BCUT2D eigenvalue weighted by molar-refractivity contribution is -0.113. The quantitative estimate of drug-likeness (QED) is 0.766. The van der Waals surface area contributed by atoms with E-state index >= 15 is 0 Å². The van der Waals surface area contributed by atoms with E-state index in [9.17, 15) is 13.2 Å². The molecule has 5 nitrogen and oxygen atoms in total. The zero-order chi connectivity index (χ0) is 16.9. The molecule has 0 saturated heterocycles. The lowest BCUT2D eigenvalue weighted by Gasteiger charge is -2.09. The maximum Gasteiger partial charge on any atom is 0.241 e. The zero-order valence-corrected chi connectivity index (χ0v) is 14.6. The van der Waals surface area contributed by atoms with Gasteiger partial charge in [-0.2, -0.15) is 0 Å². The van der Waals surface area contributed by atoms with E-state index in [2.05, 4.69) is 10.0 Å². The van der Waals surface area contributed by atoms with E-state index in [0.29, 0.717) is 5.69 Å². The van der Waals surface area contributed by atoms with Gasteiger partial charge >= 0.3 is 0 Å².